The first-order valence-corrected chi connectivity index (χ1v) is 19.3. The molecular weight excluding hydrogens is 665 g/mol. The van der Waals surface area contributed by atoms with Gasteiger partial charge in [0.1, 0.15) is 0 Å². The number of nitrogens with zero attached hydrogens (tertiary/aromatic N) is 2. The van der Waals surface area contributed by atoms with Crippen LogP contribution in [-0.4, -0.2) is 10.6 Å². The third-order valence-corrected chi connectivity index (χ3v) is 11.9. The van der Waals surface area contributed by atoms with Gasteiger partial charge in [-0.3, -0.25) is 0 Å². The molecule has 9 aromatic rings. The highest BCUT2D eigenvalue weighted by molar-refractivity contribution is 6.10. The Kier molecular flexibility index (Phi) is 7.25. The molecule has 1 unspecified atom stereocenters. The first-order valence-electron chi connectivity index (χ1n) is 19.3. The molecule has 1 atom stereocenters. The highest BCUT2D eigenvalue weighted by Gasteiger charge is 2.47. The van der Waals surface area contributed by atoms with Crippen LogP contribution in [0.5, 0.6) is 0 Å². The van der Waals surface area contributed by atoms with Crippen molar-refractivity contribution < 1.29 is 0 Å². The van der Waals surface area contributed by atoms with Gasteiger partial charge in [-0.05, 0) is 87.1 Å². The monoisotopic (exact) mass is 702 g/mol. The number of aromatic nitrogens is 1. The van der Waals surface area contributed by atoms with Crippen LogP contribution in [0, 0.1) is 0 Å². The molecule has 0 amide bonds. The molecule has 0 bridgehead atoms. The highest BCUT2D eigenvalue weighted by Crippen LogP contribution is 2.59. The fourth-order valence-corrected chi connectivity index (χ4v) is 9.70. The Morgan fingerprint density at radius 2 is 1.05 bits per heavy atom. The van der Waals surface area contributed by atoms with Gasteiger partial charge >= 0.3 is 0 Å². The maximum absolute atomic E-state index is 2.55. The average molecular weight is 703 g/mol. The van der Waals surface area contributed by atoms with E-state index < -0.39 is 5.41 Å². The SMILES string of the molecule is C1=c2ccccc2=CC(N(c2ccccc2)c2ccc3c(c2)C(c2ccccc2)(c2ccccc2)c2cccc(-n4c5ccccc5c5ccccc54)c2-3)C1. The van der Waals surface area contributed by atoms with Gasteiger partial charge in [0.25, 0.3) is 0 Å². The van der Waals surface area contributed by atoms with E-state index in [2.05, 4.69) is 222 Å². The number of anilines is 2. The summed E-state index contributed by atoms with van der Waals surface area (Å²) >= 11 is 0. The molecule has 2 nitrogen and oxygen atoms in total. The number of fused-ring (bicyclic) bond motifs is 7. The molecule has 2 aliphatic carbocycles. The van der Waals surface area contributed by atoms with Gasteiger partial charge in [0.05, 0.1) is 28.2 Å². The minimum atomic E-state index is -0.560. The molecule has 260 valence electrons. The average Bonchev–Trinajstić information content (AvgIpc) is 3.75. The van der Waals surface area contributed by atoms with E-state index in [0.717, 1.165) is 6.42 Å². The van der Waals surface area contributed by atoms with E-state index in [1.807, 2.05) is 0 Å². The Morgan fingerprint density at radius 1 is 0.473 bits per heavy atom. The van der Waals surface area contributed by atoms with Gasteiger partial charge in [-0.1, -0.05) is 170 Å². The van der Waals surface area contributed by atoms with Crippen LogP contribution in [0.1, 0.15) is 28.7 Å². The zero-order chi connectivity index (χ0) is 36.3. The Balaban J connectivity index is 1.24. The van der Waals surface area contributed by atoms with Gasteiger partial charge in [-0.25, -0.2) is 0 Å². The topological polar surface area (TPSA) is 8.17 Å². The highest BCUT2D eigenvalue weighted by atomic mass is 15.2. The fraction of sp³-hybridized carbons (Fsp3) is 0.0566. The molecular formula is C53H38N2. The van der Waals surface area contributed by atoms with Crippen molar-refractivity contribution in [1.82, 2.24) is 4.57 Å². The lowest BCUT2D eigenvalue weighted by atomic mass is 9.67. The predicted octanol–water partition coefficient (Wildman–Crippen LogP) is 11.3. The summed E-state index contributed by atoms with van der Waals surface area (Å²) in [6.07, 6.45) is 5.77. The van der Waals surface area contributed by atoms with Crippen LogP contribution in [0.3, 0.4) is 0 Å². The standard InChI is InChI=1S/C53H38N2/c1-4-19-39(20-5-1)53(40-21-6-2-7-22-40)47-27-16-30-51(55-49-28-14-12-25-44(49)45-26-13-15-29-50(45)55)52(47)46-34-33-43(36-48(46)53)54(41-23-8-3-9-24-41)42-32-31-37-17-10-11-18-38(37)35-42/h1-31,33-36,42H,32H2. The normalized spacial score (nSPS) is 15.1. The summed E-state index contributed by atoms with van der Waals surface area (Å²) in [6, 6.07) is 74.1. The Labute approximate surface area is 321 Å². The summed E-state index contributed by atoms with van der Waals surface area (Å²) in [4.78, 5) is 2.55. The summed E-state index contributed by atoms with van der Waals surface area (Å²) in [6.45, 7) is 0. The molecule has 11 rings (SSSR count). The van der Waals surface area contributed by atoms with Crippen molar-refractivity contribution in [1.29, 1.82) is 0 Å². The molecule has 0 radical (unpaired) electrons. The van der Waals surface area contributed by atoms with Crippen LogP contribution in [0.4, 0.5) is 11.4 Å². The third kappa shape index (κ3) is 4.74. The van der Waals surface area contributed by atoms with E-state index in [0.29, 0.717) is 0 Å². The van der Waals surface area contributed by atoms with Gasteiger partial charge in [0.2, 0.25) is 0 Å². The van der Waals surface area contributed by atoms with Gasteiger partial charge in [-0.15, -0.1) is 0 Å². The second kappa shape index (κ2) is 12.6. The second-order valence-corrected chi connectivity index (χ2v) is 14.8. The van der Waals surface area contributed by atoms with Crippen LogP contribution in [-0.2, 0) is 5.41 Å². The molecule has 0 saturated heterocycles. The molecule has 2 aliphatic rings. The first kappa shape index (κ1) is 31.6. The number of hydrogen-bond donors (Lipinski definition) is 0. The molecule has 1 aromatic heterocycles. The lowest BCUT2D eigenvalue weighted by molar-refractivity contribution is 0.765. The molecule has 1 heterocycles. The summed E-state index contributed by atoms with van der Waals surface area (Å²) < 4.78 is 2.49. The van der Waals surface area contributed by atoms with Gasteiger partial charge < -0.3 is 9.47 Å². The molecule has 0 saturated carbocycles. The minimum Gasteiger partial charge on any atom is -0.334 e. The van der Waals surface area contributed by atoms with Crippen LogP contribution >= 0.6 is 0 Å². The Hall–Kier alpha value is -6.90. The maximum Gasteiger partial charge on any atom is 0.0715 e. The van der Waals surface area contributed by atoms with Crippen molar-refractivity contribution in [2.75, 3.05) is 4.90 Å². The van der Waals surface area contributed by atoms with Crippen LogP contribution in [0.25, 0.3) is 50.8 Å². The van der Waals surface area contributed by atoms with Gasteiger partial charge in [0.15, 0.2) is 0 Å². The number of benzene rings is 8. The lowest BCUT2D eigenvalue weighted by Crippen LogP contribution is -2.38. The third-order valence-electron chi connectivity index (χ3n) is 11.9. The fourth-order valence-electron chi connectivity index (χ4n) is 9.70. The van der Waals surface area contributed by atoms with E-state index in [9.17, 15) is 0 Å². The molecule has 0 aliphatic heterocycles. The summed E-state index contributed by atoms with van der Waals surface area (Å²) in [5.41, 5.74) is 13.1. The zero-order valence-electron chi connectivity index (χ0n) is 30.4. The summed E-state index contributed by atoms with van der Waals surface area (Å²) in [7, 11) is 0. The van der Waals surface area contributed by atoms with Crippen molar-refractivity contribution >= 4 is 45.3 Å². The zero-order valence-corrected chi connectivity index (χ0v) is 30.4. The van der Waals surface area contributed by atoms with Crippen molar-refractivity contribution in [2.24, 2.45) is 0 Å². The first-order chi connectivity index (χ1) is 27.3. The Morgan fingerprint density at radius 3 is 1.73 bits per heavy atom. The largest absolute Gasteiger partial charge is 0.334 e. The number of hydrogen-bond acceptors (Lipinski definition) is 1. The lowest BCUT2D eigenvalue weighted by Gasteiger charge is -2.36. The minimum absolute atomic E-state index is 0.148. The molecule has 55 heavy (non-hydrogen) atoms. The quantitative estimate of drug-likeness (QED) is 0.167. The maximum atomic E-state index is 2.55. The van der Waals surface area contributed by atoms with E-state index in [1.165, 1.54) is 82.7 Å². The van der Waals surface area contributed by atoms with Crippen molar-refractivity contribution in [3.8, 4) is 16.8 Å². The van der Waals surface area contributed by atoms with Crippen LogP contribution in [0.15, 0.2) is 200 Å². The smallest absolute Gasteiger partial charge is 0.0715 e. The van der Waals surface area contributed by atoms with E-state index in [-0.39, 0.29) is 6.04 Å². The summed E-state index contributed by atoms with van der Waals surface area (Å²) in [5.74, 6) is 0. The molecule has 0 N–H and O–H groups in total. The predicted molar refractivity (Wildman–Crippen MR) is 230 cm³/mol. The number of rotatable bonds is 6. The van der Waals surface area contributed by atoms with Crippen molar-refractivity contribution in [3.63, 3.8) is 0 Å². The van der Waals surface area contributed by atoms with Crippen LogP contribution < -0.4 is 15.3 Å². The van der Waals surface area contributed by atoms with Gasteiger partial charge in [-0.2, -0.15) is 0 Å². The van der Waals surface area contributed by atoms with E-state index >= 15 is 0 Å². The van der Waals surface area contributed by atoms with E-state index in [1.54, 1.807) is 0 Å². The van der Waals surface area contributed by atoms with Crippen LogP contribution in [0.2, 0.25) is 0 Å². The molecule has 0 fully saturated rings. The summed E-state index contributed by atoms with van der Waals surface area (Å²) in [5, 5.41) is 5.12. The van der Waals surface area contributed by atoms with E-state index in [4.69, 9.17) is 0 Å². The Bertz CT molecular complexity index is 2920. The van der Waals surface area contributed by atoms with Gasteiger partial charge in [0, 0.05) is 27.7 Å². The number of para-hydroxylation sites is 3. The molecule has 8 aromatic carbocycles. The van der Waals surface area contributed by atoms with Crippen molar-refractivity contribution in [2.45, 2.75) is 17.9 Å². The molecule has 2 heteroatoms. The van der Waals surface area contributed by atoms with Crippen molar-refractivity contribution in [3.05, 3.63) is 233 Å². The second-order valence-electron chi connectivity index (χ2n) is 14.8. The molecule has 0 spiro atoms.